The van der Waals surface area contributed by atoms with Gasteiger partial charge in [0.25, 0.3) is 0 Å². The third kappa shape index (κ3) is 4.82. The molecule has 1 fully saturated rings. The van der Waals surface area contributed by atoms with Gasteiger partial charge in [0.15, 0.2) is 0 Å². The van der Waals surface area contributed by atoms with Crippen molar-refractivity contribution in [1.29, 1.82) is 0 Å². The van der Waals surface area contributed by atoms with Crippen LogP contribution in [-0.4, -0.2) is 36.6 Å². The summed E-state index contributed by atoms with van der Waals surface area (Å²) in [6.45, 7) is 4.68. The number of amides is 1. The Labute approximate surface area is 169 Å². The number of furan rings is 1. The van der Waals surface area contributed by atoms with Crippen LogP contribution >= 0.6 is 11.3 Å². The van der Waals surface area contributed by atoms with Crippen LogP contribution in [0.2, 0.25) is 0 Å². The molecule has 1 aliphatic rings. The van der Waals surface area contributed by atoms with Gasteiger partial charge in [-0.3, -0.25) is 9.69 Å². The van der Waals surface area contributed by atoms with Crippen LogP contribution in [0.1, 0.15) is 36.4 Å². The van der Waals surface area contributed by atoms with Crippen LogP contribution in [0.15, 0.2) is 52.3 Å². The third-order valence-electron chi connectivity index (χ3n) is 5.06. The van der Waals surface area contributed by atoms with E-state index < -0.39 is 0 Å². The molecule has 1 amide bonds. The average molecular weight is 399 g/mol. The summed E-state index contributed by atoms with van der Waals surface area (Å²) in [5, 5.41) is 6.21. The fourth-order valence-corrected chi connectivity index (χ4v) is 4.41. The van der Waals surface area contributed by atoms with Crippen molar-refractivity contribution in [1.82, 2.24) is 10.2 Å². The summed E-state index contributed by atoms with van der Waals surface area (Å²) < 4.78 is 11.7. The highest BCUT2D eigenvalue weighted by Crippen LogP contribution is 2.23. The predicted molar refractivity (Wildman–Crippen MR) is 111 cm³/mol. The number of hydrogen-bond acceptors (Lipinski definition) is 5. The van der Waals surface area contributed by atoms with Crippen LogP contribution in [0.4, 0.5) is 0 Å². The zero-order valence-corrected chi connectivity index (χ0v) is 16.9. The molecule has 0 spiro atoms. The van der Waals surface area contributed by atoms with Gasteiger partial charge in [-0.05, 0) is 43.3 Å². The molecular formula is C22H26N2O3S. The summed E-state index contributed by atoms with van der Waals surface area (Å²) in [5.74, 6) is 0.779. The lowest BCUT2D eigenvalue weighted by atomic mass is 10.2. The van der Waals surface area contributed by atoms with E-state index in [2.05, 4.69) is 21.7 Å². The highest BCUT2D eigenvalue weighted by molar-refractivity contribution is 7.09. The second kappa shape index (κ2) is 8.90. The monoisotopic (exact) mass is 398 g/mol. The van der Waals surface area contributed by atoms with E-state index in [-0.39, 0.29) is 18.1 Å². The Morgan fingerprint density at radius 1 is 1.32 bits per heavy atom. The minimum atomic E-state index is -0.175. The van der Waals surface area contributed by atoms with Gasteiger partial charge in [0.2, 0.25) is 5.91 Å². The Balaban J connectivity index is 1.38. The lowest BCUT2D eigenvalue weighted by Gasteiger charge is -2.24. The van der Waals surface area contributed by atoms with Gasteiger partial charge >= 0.3 is 0 Å². The zero-order chi connectivity index (χ0) is 19.3. The fraction of sp³-hybridized carbons (Fsp3) is 0.409. The molecule has 1 N–H and O–H groups in total. The predicted octanol–water partition coefficient (Wildman–Crippen LogP) is 4.35. The van der Waals surface area contributed by atoms with Gasteiger partial charge in [-0.1, -0.05) is 24.3 Å². The minimum absolute atomic E-state index is 0.00232. The van der Waals surface area contributed by atoms with Crippen molar-refractivity contribution >= 4 is 28.2 Å². The number of carbonyl (C=O) groups is 1. The number of nitrogens with zero attached hydrogens (tertiary/aromatic N) is 1. The van der Waals surface area contributed by atoms with Gasteiger partial charge < -0.3 is 14.5 Å². The van der Waals surface area contributed by atoms with Gasteiger partial charge in [-0.15, -0.1) is 11.3 Å². The molecule has 0 unspecified atom stereocenters. The molecule has 0 bridgehead atoms. The van der Waals surface area contributed by atoms with Gasteiger partial charge in [0.05, 0.1) is 18.7 Å². The highest BCUT2D eigenvalue weighted by Gasteiger charge is 2.22. The quantitative estimate of drug-likeness (QED) is 0.613. The molecule has 28 heavy (non-hydrogen) atoms. The van der Waals surface area contributed by atoms with Crippen molar-refractivity contribution in [2.24, 2.45) is 0 Å². The summed E-state index contributed by atoms with van der Waals surface area (Å²) >= 11 is 1.72. The first-order valence-electron chi connectivity index (χ1n) is 9.81. The van der Waals surface area contributed by atoms with Crippen molar-refractivity contribution in [3.63, 3.8) is 0 Å². The normalized spacial score (nSPS) is 18.0. The van der Waals surface area contributed by atoms with E-state index >= 15 is 0 Å². The molecule has 3 heterocycles. The highest BCUT2D eigenvalue weighted by atomic mass is 32.1. The molecule has 4 rings (SSSR count). The van der Waals surface area contributed by atoms with Crippen LogP contribution in [0.3, 0.4) is 0 Å². The molecule has 1 aliphatic heterocycles. The van der Waals surface area contributed by atoms with E-state index in [0.29, 0.717) is 6.54 Å². The van der Waals surface area contributed by atoms with Crippen LogP contribution in [0.25, 0.3) is 11.0 Å². The van der Waals surface area contributed by atoms with Gasteiger partial charge in [0.1, 0.15) is 11.3 Å². The molecule has 148 valence electrons. The number of hydrogen-bond donors (Lipinski definition) is 1. The zero-order valence-electron chi connectivity index (χ0n) is 16.1. The summed E-state index contributed by atoms with van der Waals surface area (Å²) in [6, 6.07) is 13.9. The Morgan fingerprint density at radius 3 is 2.96 bits per heavy atom. The molecule has 2 atom stereocenters. The van der Waals surface area contributed by atoms with Crippen LogP contribution in [0.5, 0.6) is 0 Å². The van der Waals surface area contributed by atoms with E-state index in [1.165, 1.54) is 4.88 Å². The Hall–Kier alpha value is -2.15. The number of carbonyl (C=O) groups excluding carboxylic acids is 1. The van der Waals surface area contributed by atoms with Crippen LogP contribution in [0, 0.1) is 0 Å². The SMILES string of the molecule is C[C@@H](NC(=O)CN(Cc1cccs1)C[C@H]1CCCO1)c1cc2ccccc2o1. The maximum Gasteiger partial charge on any atom is 0.234 e. The van der Waals surface area contributed by atoms with E-state index in [0.717, 1.165) is 49.3 Å². The fourth-order valence-electron chi connectivity index (χ4n) is 3.66. The van der Waals surface area contributed by atoms with Crippen molar-refractivity contribution < 1.29 is 13.9 Å². The molecule has 1 aromatic carbocycles. The molecule has 0 radical (unpaired) electrons. The number of benzene rings is 1. The topological polar surface area (TPSA) is 54.7 Å². The van der Waals surface area contributed by atoms with E-state index in [1.807, 2.05) is 43.3 Å². The number of thiophene rings is 1. The first-order valence-corrected chi connectivity index (χ1v) is 10.7. The lowest BCUT2D eigenvalue weighted by molar-refractivity contribution is -0.123. The molecule has 1 saturated heterocycles. The molecule has 3 aromatic rings. The van der Waals surface area contributed by atoms with Crippen molar-refractivity contribution in [3.8, 4) is 0 Å². The van der Waals surface area contributed by atoms with Gasteiger partial charge in [-0.2, -0.15) is 0 Å². The molecule has 6 heteroatoms. The van der Waals surface area contributed by atoms with Crippen LogP contribution in [-0.2, 0) is 16.1 Å². The van der Waals surface area contributed by atoms with E-state index in [4.69, 9.17) is 9.15 Å². The molecule has 0 saturated carbocycles. The molecular weight excluding hydrogens is 372 g/mol. The number of para-hydroxylation sites is 1. The van der Waals surface area contributed by atoms with E-state index in [1.54, 1.807) is 11.3 Å². The summed E-state index contributed by atoms with van der Waals surface area (Å²) in [6.07, 6.45) is 2.39. The second-order valence-electron chi connectivity index (χ2n) is 7.36. The first-order chi connectivity index (χ1) is 13.7. The van der Waals surface area contributed by atoms with Gasteiger partial charge in [0, 0.05) is 30.0 Å². The maximum absolute atomic E-state index is 12.7. The summed E-state index contributed by atoms with van der Waals surface area (Å²) in [4.78, 5) is 16.2. The van der Waals surface area contributed by atoms with E-state index in [9.17, 15) is 4.79 Å². The Bertz CT molecular complexity index is 867. The summed E-state index contributed by atoms with van der Waals surface area (Å²) in [7, 11) is 0. The Kier molecular flexibility index (Phi) is 6.10. The molecule has 5 nitrogen and oxygen atoms in total. The average Bonchev–Trinajstić information content (AvgIpc) is 3.43. The third-order valence-corrected chi connectivity index (χ3v) is 5.92. The second-order valence-corrected chi connectivity index (χ2v) is 8.39. The lowest BCUT2D eigenvalue weighted by Crippen LogP contribution is -2.41. The van der Waals surface area contributed by atoms with Crippen molar-refractivity contribution in [2.45, 2.75) is 38.5 Å². The number of rotatable bonds is 8. The van der Waals surface area contributed by atoms with Crippen LogP contribution < -0.4 is 5.32 Å². The first kappa shape index (κ1) is 19.2. The van der Waals surface area contributed by atoms with Gasteiger partial charge in [-0.25, -0.2) is 0 Å². The molecule has 0 aliphatic carbocycles. The van der Waals surface area contributed by atoms with Crippen molar-refractivity contribution in [3.05, 3.63) is 58.5 Å². The number of ether oxygens (including phenoxy) is 1. The minimum Gasteiger partial charge on any atom is -0.459 e. The van der Waals surface area contributed by atoms with Crippen molar-refractivity contribution in [2.75, 3.05) is 19.7 Å². The number of fused-ring (bicyclic) bond motifs is 1. The maximum atomic E-state index is 12.7. The summed E-state index contributed by atoms with van der Waals surface area (Å²) in [5.41, 5.74) is 0.844. The molecule has 2 aromatic heterocycles. The Morgan fingerprint density at radius 2 is 2.21 bits per heavy atom. The largest absolute Gasteiger partial charge is 0.459 e. The standard InChI is InChI=1S/C22H26N2O3S/c1-16(21-12-17-6-2-3-9-20(17)27-21)23-22(25)15-24(13-18-7-4-10-26-18)14-19-8-5-11-28-19/h2-3,5-6,8-9,11-12,16,18H,4,7,10,13-15H2,1H3,(H,23,25)/t16-,18-/m1/s1. The number of nitrogens with one attached hydrogen (secondary N) is 1. The smallest absolute Gasteiger partial charge is 0.234 e.